The van der Waals surface area contributed by atoms with Gasteiger partial charge in [0.25, 0.3) is 5.92 Å². The molecule has 2 aliphatic heterocycles. The van der Waals surface area contributed by atoms with E-state index in [9.17, 15) is 13.6 Å². The minimum Gasteiger partial charge on any atom is -0.353 e. The fourth-order valence-electron chi connectivity index (χ4n) is 2.81. The van der Waals surface area contributed by atoms with Gasteiger partial charge in [-0.05, 0) is 12.1 Å². The van der Waals surface area contributed by atoms with Crippen molar-refractivity contribution < 1.29 is 13.6 Å². The quantitative estimate of drug-likeness (QED) is 0.874. The molecule has 0 aliphatic carbocycles. The number of nitrogens with zero attached hydrogens (tertiary/aromatic N) is 3. The van der Waals surface area contributed by atoms with E-state index in [1.165, 1.54) is 0 Å². The number of hydrogen-bond donors (Lipinski definition) is 1. The summed E-state index contributed by atoms with van der Waals surface area (Å²) in [6.45, 7) is 2.02. The van der Waals surface area contributed by atoms with Crippen LogP contribution in [0, 0.1) is 0 Å². The van der Waals surface area contributed by atoms with Gasteiger partial charge in [0.15, 0.2) is 0 Å². The summed E-state index contributed by atoms with van der Waals surface area (Å²) in [6.07, 6.45) is 1.34. The van der Waals surface area contributed by atoms with E-state index < -0.39 is 24.9 Å². The van der Waals surface area contributed by atoms with Crippen molar-refractivity contribution in [1.29, 1.82) is 0 Å². The fraction of sp³-hybridized carbons (Fsp3) is 0.571. The van der Waals surface area contributed by atoms with Crippen LogP contribution in [0.1, 0.15) is 6.42 Å². The molecule has 1 atom stereocenters. The van der Waals surface area contributed by atoms with Crippen molar-refractivity contribution in [3.05, 3.63) is 24.4 Å². The molecule has 5 nitrogen and oxygen atoms in total. The van der Waals surface area contributed by atoms with E-state index in [2.05, 4.69) is 15.2 Å². The molecule has 3 rings (SSSR count). The number of hydrogen-bond acceptors (Lipinski definition) is 4. The number of carbonyl (C=O) groups excluding carboxylic acids is 1. The number of pyridine rings is 1. The molecule has 0 bridgehead atoms. The predicted octanol–water partition coefficient (Wildman–Crippen LogP) is 0.727. The zero-order valence-electron chi connectivity index (χ0n) is 11.6. The molecule has 21 heavy (non-hydrogen) atoms. The Morgan fingerprint density at radius 1 is 1.29 bits per heavy atom. The van der Waals surface area contributed by atoms with Gasteiger partial charge in [0.2, 0.25) is 5.91 Å². The predicted molar refractivity (Wildman–Crippen MR) is 74.4 cm³/mol. The minimum atomic E-state index is -2.77. The van der Waals surface area contributed by atoms with Crippen molar-refractivity contribution in [1.82, 2.24) is 15.2 Å². The Bertz CT molecular complexity index is 503. The summed E-state index contributed by atoms with van der Waals surface area (Å²) in [4.78, 5) is 20.3. The largest absolute Gasteiger partial charge is 0.353 e. The zero-order valence-corrected chi connectivity index (χ0v) is 11.6. The summed E-state index contributed by atoms with van der Waals surface area (Å²) in [5.74, 6) is -2.10. The number of piperazine rings is 1. The van der Waals surface area contributed by atoms with Crippen molar-refractivity contribution >= 4 is 11.7 Å². The number of alkyl halides is 2. The standard InChI is InChI=1S/C14H18F2N4O/c15-14(16)9-11(18-10-14)13(21)20-7-5-19(6-8-20)12-3-1-2-4-17-12/h1-4,11,18H,5-10H2. The molecule has 2 saturated heterocycles. The maximum Gasteiger partial charge on any atom is 0.262 e. The van der Waals surface area contributed by atoms with E-state index in [0.29, 0.717) is 26.2 Å². The number of amides is 1. The second-order valence-corrected chi connectivity index (χ2v) is 5.49. The lowest BCUT2D eigenvalue weighted by atomic mass is 10.1. The maximum absolute atomic E-state index is 13.2. The van der Waals surface area contributed by atoms with Crippen LogP contribution < -0.4 is 10.2 Å². The lowest BCUT2D eigenvalue weighted by molar-refractivity contribution is -0.134. The topological polar surface area (TPSA) is 48.5 Å². The second kappa shape index (κ2) is 5.55. The van der Waals surface area contributed by atoms with Crippen LogP contribution in [0.5, 0.6) is 0 Å². The lowest BCUT2D eigenvalue weighted by Gasteiger charge is -2.36. The van der Waals surface area contributed by atoms with Crippen molar-refractivity contribution in [2.24, 2.45) is 0 Å². The number of rotatable bonds is 2. The summed E-state index contributed by atoms with van der Waals surface area (Å²) >= 11 is 0. The van der Waals surface area contributed by atoms with Crippen molar-refractivity contribution in [3.63, 3.8) is 0 Å². The maximum atomic E-state index is 13.2. The number of aromatic nitrogens is 1. The Kier molecular flexibility index (Phi) is 3.75. The summed E-state index contributed by atoms with van der Waals surface area (Å²) < 4.78 is 26.3. The van der Waals surface area contributed by atoms with Gasteiger partial charge in [0.1, 0.15) is 5.82 Å². The average molecular weight is 296 g/mol. The van der Waals surface area contributed by atoms with Gasteiger partial charge in [-0.1, -0.05) is 6.07 Å². The van der Waals surface area contributed by atoms with E-state index in [1.807, 2.05) is 18.2 Å². The van der Waals surface area contributed by atoms with Gasteiger partial charge in [-0.3, -0.25) is 10.1 Å². The molecule has 1 unspecified atom stereocenters. The third kappa shape index (κ3) is 3.12. The molecule has 2 aliphatic rings. The van der Waals surface area contributed by atoms with Crippen molar-refractivity contribution in [2.75, 3.05) is 37.6 Å². The molecule has 1 aromatic rings. The van der Waals surface area contributed by atoms with Gasteiger partial charge in [0, 0.05) is 38.8 Å². The highest BCUT2D eigenvalue weighted by molar-refractivity contribution is 5.82. The normalized spacial score (nSPS) is 25.1. The van der Waals surface area contributed by atoms with E-state index in [1.54, 1.807) is 11.1 Å². The van der Waals surface area contributed by atoms with Gasteiger partial charge >= 0.3 is 0 Å². The first kappa shape index (κ1) is 14.2. The number of halogens is 2. The van der Waals surface area contributed by atoms with Gasteiger partial charge < -0.3 is 9.80 Å². The highest BCUT2D eigenvalue weighted by atomic mass is 19.3. The first-order chi connectivity index (χ1) is 10.1. The van der Waals surface area contributed by atoms with Gasteiger partial charge in [-0.2, -0.15) is 0 Å². The van der Waals surface area contributed by atoms with Crippen molar-refractivity contribution in [2.45, 2.75) is 18.4 Å². The third-order valence-electron chi connectivity index (χ3n) is 3.97. The summed E-state index contributed by atoms with van der Waals surface area (Å²) in [5, 5.41) is 2.62. The molecule has 1 amide bonds. The molecule has 7 heteroatoms. The number of anilines is 1. The van der Waals surface area contributed by atoms with Crippen LogP contribution in [-0.2, 0) is 4.79 Å². The molecule has 0 saturated carbocycles. The molecular formula is C14H18F2N4O. The molecule has 3 heterocycles. The van der Waals surface area contributed by atoms with E-state index in [-0.39, 0.29) is 5.91 Å². The van der Waals surface area contributed by atoms with Crippen LogP contribution in [0.25, 0.3) is 0 Å². The molecule has 2 fully saturated rings. The van der Waals surface area contributed by atoms with Gasteiger partial charge in [0.05, 0.1) is 12.6 Å². The smallest absolute Gasteiger partial charge is 0.262 e. The highest BCUT2D eigenvalue weighted by Gasteiger charge is 2.43. The Morgan fingerprint density at radius 2 is 2.05 bits per heavy atom. The van der Waals surface area contributed by atoms with Crippen molar-refractivity contribution in [3.8, 4) is 0 Å². The van der Waals surface area contributed by atoms with Crippen LogP contribution in [0.3, 0.4) is 0 Å². The van der Waals surface area contributed by atoms with Crippen LogP contribution in [0.15, 0.2) is 24.4 Å². The Hall–Kier alpha value is -1.76. The summed E-state index contributed by atoms with van der Waals surface area (Å²) in [7, 11) is 0. The Balaban J connectivity index is 1.55. The molecule has 0 aromatic carbocycles. The van der Waals surface area contributed by atoms with Gasteiger partial charge in [-0.15, -0.1) is 0 Å². The second-order valence-electron chi connectivity index (χ2n) is 5.49. The molecular weight excluding hydrogens is 278 g/mol. The fourth-order valence-corrected chi connectivity index (χ4v) is 2.81. The monoisotopic (exact) mass is 296 g/mol. The van der Waals surface area contributed by atoms with Crippen LogP contribution in [-0.4, -0.2) is 60.5 Å². The van der Waals surface area contributed by atoms with Gasteiger partial charge in [-0.25, -0.2) is 13.8 Å². The number of carbonyl (C=O) groups is 1. The highest BCUT2D eigenvalue weighted by Crippen LogP contribution is 2.26. The van der Waals surface area contributed by atoms with E-state index >= 15 is 0 Å². The lowest BCUT2D eigenvalue weighted by Crippen LogP contribution is -2.53. The Labute approximate surface area is 121 Å². The van der Waals surface area contributed by atoms with Crippen LogP contribution in [0.4, 0.5) is 14.6 Å². The molecule has 114 valence electrons. The SMILES string of the molecule is O=C(C1CC(F)(F)CN1)N1CCN(c2ccccn2)CC1. The zero-order chi connectivity index (χ0) is 14.9. The Morgan fingerprint density at radius 3 is 2.62 bits per heavy atom. The molecule has 0 spiro atoms. The number of nitrogens with one attached hydrogen (secondary N) is 1. The first-order valence-electron chi connectivity index (χ1n) is 7.11. The van der Waals surface area contributed by atoms with Crippen LogP contribution in [0.2, 0.25) is 0 Å². The van der Waals surface area contributed by atoms with Crippen LogP contribution >= 0.6 is 0 Å². The molecule has 0 radical (unpaired) electrons. The molecule has 1 aromatic heterocycles. The average Bonchev–Trinajstić information content (AvgIpc) is 2.88. The first-order valence-corrected chi connectivity index (χ1v) is 7.11. The summed E-state index contributed by atoms with van der Waals surface area (Å²) in [6, 6.07) is 4.96. The third-order valence-corrected chi connectivity index (χ3v) is 3.97. The summed E-state index contributed by atoms with van der Waals surface area (Å²) in [5.41, 5.74) is 0. The minimum absolute atomic E-state index is 0.215. The van der Waals surface area contributed by atoms with E-state index in [0.717, 1.165) is 5.82 Å². The molecule has 1 N–H and O–H groups in total. The van der Waals surface area contributed by atoms with E-state index in [4.69, 9.17) is 0 Å².